The van der Waals surface area contributed by atoms with Crippen LogP contribution in [0.4, 0.5) is 4.39 Å². The van der Waals surface area contributed by atoms with Crippen LogP contribution in [0.5, 0.6) is 0 Å². The lowest BCUT2D eigenvalue weighted by Crippen LogP contribution is -2.29. The minimum atomic E-state index is -0.358. The van der Waals surface area contributed by atoms with E-state index in [0.29, 0.717) is 11.3 Å². The van der Waals surface area contributed by atoms with Crippen LogP contribution in [0.3, 0.4) is 0 Å². The SMILES string of the molecule is O=C(c1ccc(-c2ccccc2F)o1)N1CCCC1c1cccs1. The number of rotatable bonds is 3. The first-order valence-electron chi connectivity index (χ1n) is 7.93. The maximum atomic E-state index is 13.9. The Labute approximate surface area is 143 Å². The summed E-state index contributed by atoms with van der Waals surface area (Å²) in [5.74, 6) is 0.150. The Kier molecular flexibility index (Phi) is 3.94. The van der Waals surface area contributed by atoms with Gasteiger partial charge in [0, 0.05) is 11.4 Å². The zero-order chi connectivity index (χ0) is 16.5. The predicted octanol–water partition coefficient (Wildman–Crippen LogP) is 5.12. The Hall–Kier alpha value is -2.40. The number of benzene rings is 1. The van der Waals surface area contributed by atoms with Crippen molar-refractivity contribution in [3.63, 3.8) is 0 Å². The zero-order valence-corrected chi connectivity index (χ0v) is 13.8. The van der Waals surface area contributed by atoms with Crippen LogP contribution in [0.25, 0.3) is 11.3 Å². The van der Waals surface area contributed by atoms with Gasteiger partial charge < -0.3 is 9.32 Å². The Morgan fingerprint density at radius 2 is 2.04 bits per heavy atom. The van der Waals surface area contributed by atoms with Crippen LogP contribution in [0, 0.1) is 5.82 Å². The van der Waals surface area contributed by atoms with Gasteiger partial charge in [-0.25, -0.2) is 4.39 Å². The fraction of sp³-hybridized carbons (Fsp3) is 0.211. The van der Waals surface area contributed by atoms with Gasteiger partial charge in [0.05, 0.1) is 11.6 Å². The van der Waals surface area contributed by atoms with E-state index in [-0.39, 0.29) is 23.5 Å². The summed E-state index contributed by atoms with van der Waals surface area (Å²) in [4.78, 5) is 15.9. The second kappa shape index (κ2) is 6.24. The molecule has 1 aliphatic rings. The molecule has 1 aliphatic heterocycles. The molecule has 2 aromatic heterocycles. The maximum Gasteiger partial charge on any atom is 0.290 e. The van der Waals surface area contributed by atoms with Crippen LogP contribution in [0.2, 0.25) is 0 Å². The van der Waals surface area contributed by atoms with Crippen LogP contribution in [0.1, 0.15) is 34.3 Å². The summed E-state index contributed by atoms with van der Waals surface area (Å²) < 4.78 is 19.5. The van der Waals surface area contributed by atoms with E-state index in [0.717, 1.165) is 19.4 Å². The number of carbonyl (C=O) groups is 1. The molecular formula is C19H16FNO2S. The number of furan rings is 1. The van der Waals surface area contributed by atoms with E-state index < -0.39 is 0 Å². The Bertz CT molecular complexity index is 856. The van der Waals surface area contributed by atoms with Gasteiger partial charge in [-0.3, -0.25) is 4.79 Å². The second-order valence-electron chi connectivity index (χ2n) is 5.82. The second-order valence-corrected chi connectivity index (χ2v) is 6.80. The van der Waals surface area contributed by atoms with Gasteiger partial charge in [0.2, 0.25) is 0 Å². The number of hydrogen-bond donors (Lipinski definition) is 0. The molecule has 3 nitrogen and oxygen atoms in total. The van der Waals surface area contributed by atoms with E-state index in [1.807, 2.05) is 16.3 Å². The van der Waals surface area contributed by atoms with Crippen LogP contribution in [0.15, 0.2) is 58.3 Å². The molecule has 1 amide bonds. The van der Waals surface area contributed by atoms with Gasteiger partial charge >= 0.3 is 0 Å². The molecule has 3 heterocycles. The highest BCUT2D eigenvalue weighted by molar-refractivity contribution is 7.10. The van der Waals surface area contributed by atoms with Gasteiger partial charge in [0.15, 0.2) is 5.76 Å². The third kappa shape index (κ3) is 2.65. The van der Waals surface area contributed by atoms with Crippen LogP contribution in [-0.2, 0) is 0 Å². The highest BCUT2D eigenvalue weighted by Gasteiger charge is 2.32. The first-order chi connectivity index (χ1) is 11.7. The topological polar surface area (TPSA) is 33.5 Å². The van der Waals surface area contributed by atoms with Crippen molar-refractivity contribution < 1.29 is 13.6 Å². The summed E-state index contributed by atoms with van der Waals surface area (Å²) in [6, 6.07) is 13.9. The normalized spacial score (nSPS) is 17.4. The van der Waals surface area contributed by atoms with Gasteiger partial charge in [-0.1, -0.05) is 18.2 Å². The minimum Gasteiger partial charge on any atom is -0.451 e. The summed E-state index contributed by atoms with van der Waals surface area (Å²) in [7, 11) is 0. The molecule has 1 unspecified atom stereocenters. The van der Waals surface area contributed by atoms with Crippen molar-refractivity contribution >= 4 is 17.2 Å². The molecule has 1 atom stereocenters. The molecule has 0 bridgehead atoms. The van der Waals surface area contributed by atoms with Gasteiger partial charge in [-0.05, 0) is 48.6 Å². The van der Waals surface area contributed by atoms with Crippen LogP contribution < -0.4 is 0 Å². The molecule has 0 spiro atoms. The van der Waals surface area contributed by atoms with E-state index in [9.17, 15) is 9.18 Å². The lowest BCUT2D eigenvalue weighted by atomic mass is 10.1. The first-order valence-corrected chi connectivity index (χ1v) is 8.81. The van der Waals surface area contributed by atoms with Crippen molar-refractivity contribution in [2.24, 2.45) is 0 Å². The molecule has 1 fully saturated rings. The minimum absolute atomic E-state index is 0.111. The molecule has 5 heteroatoms. The van der Waals surface area contributed by atoms with Crippen molar-refractivity contribution in [2.45, 2.75) is 18.9 Å². The predicted molar refractivity (Wildman–Crippen MR) is 91.4 cm³/mol. The number of halogens is 1. The fourth-order valence-corrected chi connectivity index (χ4v) is 4.06. The summed E-state index contributed by atoms with van der Waals surface area (Å²) in [6.45, 7) is 0.719. The third-order valence-electron chi connectivity index (χ3n) is 4.34. The van der Waals surface area contributed by atoms with Gasteiger partial charge in [0.25, 0.3) is 5.91 Å². The van der Waals surface area contributed by atoms with Crippen molar-refractivity contribution in [1.29, 1.82) is 0 Å². The van der Waals surface area contributed by atoms with Crippen molar-refractivity contribution in [1.82, 2.24) is 4.90 Å². The van der Waals surface area contributed by atoms with E-state index in [1.54, 1.807) is 41.7 Å². The Morgan fingerprint density at radius 3 is 2.83 bits per heavy atom. The summed E-state index contributed by atoms with van der Waals surface area (Å²) in [6.07, 6.45) is 1.95. The molecule has 0 saturated carbocycles. The van der Waals surface area contributed by atoms with Crippen molar-refractivity contribution in [3.05, 3.63) is 70.4 Å². The van der Waals surface area contributed by atoms with Crippen LogP contribution >= 0.6 is 11.3 Å². The highest BCUT2D eigenvalue weighted by Crippen LogP contribution is 2.36. The van der Waals surface area contributed by atoms with Gasteiger partial charge in [-0.2, -0.15) is 0 Å². The number of hydrogen-bond acceptors (Lipinski definition) is 3. The molecule has 24 heavy (non-hydrogen) atoms. The number of thiophene rings is 1. The molecule has 1 aromatic carbocycles. The van der Waals surface area contributed by atoms with E-state index >= 15 is 0 Å². The molecule has 3 aromatic rings. The van der Waals surface area contributed by atoms with Crippen molar-refractivity contribution in [3.8, 4) is 11.3 Å². The molecule has 1 saturated heterocycles. The Balaban J connectivity index is 1.60. The molecule has 0 N–H and O–H groups in total. The summed E-state index contributed by atoms with van der Waals surface area (Å²) >= 11 is 1.67. The molecular weight excluding hydrogens is 325 g/mol. The monoisotopic (exact) mass is 341 g/mol. The van der Waals surface area contributed by atoms with E-state index in [1.165, 1.54) is 10.9 Å². The summed E-state index contributed by atoms with van der Waals surface area (Å²) in [5, 5.41) is 2.03. The summed E-state index contributed by atoms with van der Waals surface area (Å²) in [5.41, 5.74) is 0.368. The molecule has 0 aliphatic carbocycles. The average Bonchev–Trinajstić information content (AvgIpc) is 3.34. The van der Waals surface area contributed by atoms with Crippen molar-refractivity contribution in [2.75, 3.05) is 6.54 Å². The smallest absolute Gasteiger partial charge is 0.290 e. The van der Waals surface area contributed by atoms with Gasteiger partial charge in [-0.15, -0.1) is 11.3 Å². The van der Waals surface area contributed by atoms with E-state index in [4.69, 9.17) is 4.42 Å². The fourth-order valence-electron chi connectivity index (χ4n) is 3.19. The lowest BCUT2D eigenvalue weighted by molar-refractivity contribution is 0.0706. The Morgan fingerprint density at radius 1 is 1.17 bits per heavy atom. The largest absolute Gasteiger partial charge is 0.451 e. The lowest BCUT2D eigenvalue weighted by Gasteiger charge is -2.22. The molecule has 4 rings (SSSR count). The quantitative estimate of drug-likeness (QED) is 0.662. The first kappa shape index (κ1) is 15.1. The number of likely N-dealkylation sites (tertiary alicyclic amines) is 1. The number of amides is 1. The van der Waals surface area contributed by atoms with E-state index in [2.05, 4.69) is 6.07 Å². The average molecular weight is 341 g/mol. The van der Waals surface area contributed by atoms with Crippen LogP contribution in [-0.4, -0.2) is 17.4 Å². The highest BCUT2D eigenvalue weighted by atomic mass is 32.1. The maximum absolute atomic E-state index is 13.9. The van der Waals surface area contributed by atoms with Gasteiger partial charge in [0.1, 0.15) is 11.6 Å². The third-order valence-corrected chi connectivity index (χ3v) is 5.31. The zero-order valence-electron chi connectivity index (χ0n) is 12.9. The standard InChI is InChI=1S/C19H16FNO2S/c20-14-6-2-1-5-13(14)16-9-10-17(23-16)19(22)21-11-3-7-15(21)18-8-4-12-24-18/h1-2,4-6,8-10,12,15H,3,7,11H2. The number of carbonyl (C=O) groups excluding carboxylic acids is 1. The molecule has 122 valence electrons. The number of nitrogens with zero attached hydrogens (tertiary/aromatic N) is 1. The molecule has 0 radical (unpaired) electrons.